The molecule has 33 heavy (non-hydrogen) atoms. The monoisotopic (exact) mass is 456 g/mol. The van der Waals surface area contributed by atoms with Gasteiger partial charge in [0, 0.05) is 19.7 Å². The van der Waals surface area contributed by atoms with Crippen LogP contribution < -0.4 is 14.8 Å². The topological polar surface area (TPSA) is 77.1 Å². The van der Waals surface area contributed by atoms with Crippen LogP contribution in [0.2, 0.25) is 0 Å². The Labute approximate surface area is 197 Å². The molecular weight excluding hydrogens is 420 g/mol. The van der Waals surface area contributed by atoms with Gasteiger partial charge in [-0.05, 0) is 50.5 Å². The van der Waals surface area contributed by atoms with E-state index in [2.05, 4.69) is 5.32 Å². The van der Waals surface area contributed by atoms with Crippen molar-refractivity contribution in [3.05, 3.63) is 59.7 Å². The van der Waals surface area contributed by atoms with E-state index in [0.717, 1.165) is 17.5 Å². The van der Waals surface area contributed by atoms with Gasteiger partial charge in [0.15, 0.2) is 11.5 Å². The Morgan fingerprint density at radius 3 is 2.27 bits per heavy atom. The van der Waals surface area contributed by atoms with Crippen molar-refractivity contribution in [2.45, 2.75) is 52.3 Å². The number of carbonyl (C=O) groups is 2. The summed E-state index contributed by atoms with van der Waals surface area (Å²) in [6, 6.07) is 14.4. The fraction of sp³-hybridized carbons (Fsp3) is 0.462. The Balaban J connectivity index is 2.10. The van der Waals surface area contributed by atoms with Crippen molar-refractivity contribution in [3.8, 4) is 11.5 Å². The SMILES string of the molecule is COc1ccc(CC(=O)N(Cc2ccccc2)[C@H](C)C(=O)NCCCOC(C)C)cc1OC. The van der Waals surface area contributed by atoms with E-state index in [1.807, 2.05) is 50.2 Å². The fourth-order valence-corrected chi connectivity index (χ4v) is 3.38. The van der Waals surface area contributed by atoms with Crippen LogP contribution in [0.3, 0.4) is 0 Å². The summed E-state index contributed by atoms with van der Waals surface area (Å²) in [4.78, 5) is 27.8. The van der Waals surface area contributed by atoms with Crippen LogP contribution in [0, 0.1) is 0 Å². The maximum atomic E-state index is 13.3. The summed E-state index contributed by atoms with van der Waals surface area (Å²) in [6.07, 6.45) is 1.03. The summed E-state index contributed by atoms with van der Waals surface area (Å²) < 4.78 is 16.1. The second-order valence-electron chi connectivity index (χ2n) is 8.11. The van der Waals surface area contributed by atoms with Gasteiger partial charge in [0.2, 0.25) is 11.8 Å². The molecule has 180 valence electrons. The fourth-order valence-electron chi connectivity index (χ4n) is 3.38. The number of hydrogen-bond donors (Lipinski definition) is 1. The van der Waals surface area contributed by atoms with Crippen LogP contribution in [0.5, 0.6) is 11.5 Å². The molecule has 0 unspecified atom stereocenters. The highest BCUT2D eigenvalue weighted by molar-refractivity contribution is 5.88. The maximum Gasteiger partial charge on any atom is 0.242 e. The number of ether oxygens (including phenoxy) is 3. The van der Waals surface area contributed by atoms with Crippen LogP contribution >= 0.6 is 0 Å². The molecule has 0 bridgehead atoms. The Morgan fingerprint density at radius 1 is 0.939 bits per heavy atom. The van der Waals surface area contributed by atoms with E-state index in [1.54, 1.807) is 38.2 Å². The summed E-state index contributed by atoms with van der Waals surface area (Å²) in [7, 11) is 3.13. The van der Waals surface area contributed by atoms with Gasteiger partial charge in [-0.3, -0.25) is 9.59 Å². The molecule has 2 aromatic carbocycles. The largest absolute Gasteiger partial charge is 0.493 e. The van der Waals surface area contributed by atoms with Crippen molar-refractivity contribution in [2.24, 2.45) is 0 Å². The van der Waals surface area contributed by atoms with E-state index in [0.29, 0.717) is 31.2 Å². The first-order chi connectivity index (χ1) is 15.8. The summed E-state index contributed by atoms with van der Waals surface area (Å²) in [5.74, 6) is 0.837. The highest BCUT2D eigenvalue weighted by Gasteiger charge is 2.26. The van der Waals surface area contributed by atoms with Crippen molar-refractivity contribution in [1.29, 1.82) is 0 Å². The van der Waals surface area contributed by atoms with Crippen molar-refractivity contribution in [3.63, 3.8) is 0 Å². The first-order valence-electron chi connectivity index (χ1n) is 11.3. The second kappa shape index (κ2) is 13.5. The molecule has 0 aliphatic rings. The molecule has 0 aliphatic heterocycles. The molecule has 0 saturated heterocycles. The van der Waals surface area contributed by atoms with Crippen molar-refractivity contribution in [2.75, 3.05) is 27.4 Å². The van der Waals surface area contributed by atoms with E-state index in [1.165, 1.54) is 0 Å². The number of hydrogen-bond acceptors (Lipinski definition) is 5. The molecular formula is C26H36N2O5. The van der Waals surface area contributed by atoms with Crippen LogP contribution in [0.25, 0.3) is 0 Å². The molecule has 0 fully saturated rings. The van der Waals surface area contributed by atoms with E-state index in [4.69, 9.17) is 14.2 Å². The van der Waals surface area contributed by atoms with Gasteiger partial charge in [0.05, 0.1) is 26.7 Å². The zero-order chi connectivity index (χ0) is 24.2. The van der Waals surface area contributed by atoms with Crippen LogP contribution in [-0.2, 0) is 27.3 Å². The van der Waals surface area contributed by atoms with Crippen LogP contribution in [0.15, 0.2) is 48.5 Å². The second-order valence-corrected chi connectivity index (χ2v) is 8.11. The van der Waals surface area contributed by atoms with Crippen molar-refractivity contribution < 1.29 is 23.8 Å². The normalized spacial score (nSPS) is 11.7. The minimum Gasteiger partial charge on any atom is -0.493 e. The van der Waals surface area contributed by atoms with Gasteiger partial charge in [-0.1, -0.05) is 36.4 Å². The minimum absolute atomic E-state index is 0.142. The van der Waals surface area contributed by atoms with Crippen molar-refractivity contribution in [1.82, 2.24) is 10.2 Å². The molecule has 7 heteroatoms. The number of rotatable bonds is 13. The van der Waals surface area contributed by atoms with E-state index < -0.39 is 6.04 Å². The average Bonchev–Trinajstić information content (AvgIpc) is 2.82. The third kappa shape index (κ3) is 8.42. The van der Waals surface area contributed by atoms with Gasteiger partial charge in [-0.25, -0.2) is 0 Å². The number of amides is 2. The average molecular weight is 457 g/mol. The summed E-state index contributed by atoms with van der Waals surface area (Å²) in [5.41, 5.74) is 1.75. The number of methoxy groups -OCH3 is 2. The Morgan fingerprint density at radius 2 is 1.64 bits per heavy atom. The lowest BCUT2D eigenvalue weighted by molar-refractivity contribution is -0.140. The summed E-state index contributed by atoms with van der Waals surface area (Å²) >= 11 is 0. The standard InChI is InChI=1S/C26H36N2O5/c1-19(2)33-15-9-14-27-26(30)20(3)28(18-21-10-7-6-8-11-21)25(29)17-22-12-13-23(31-4)24(16-22)32-5/h6-8,10-13,16,19-20H,9,14-15,17-18H2,1-5H3,(H,27,30)/t20-/m1/s1. The molecule has 1 atom stereocenters. The van der Waals surface area contributed by atoms with Gasteiger partial charge in [-0.15, -0.1) is 0 Å². The summed E-state index contributed by atoms with van der Waals surface area (Å²) in [5, 5.41) is 2.93. The molecule has 0 aromatic heterocycles. The summed E-state index contributed by atoms with van der Waals surface area (Å²) in [6.45, 7) is 7.14. The molecule has 0 spiro atoms. The van der Waals surface area contributed by atoms with Gasteiger partial charge in [0.1, 0.15) is 6.04 Å². The number of nitrogens with zero attached hydrogens (tertiary/aromatic N) is 1. The lowest BCUT2D eigenvalue weighted by Crippen LogP contribution is -2.48. The zero-order valence-corrected chi connectivity index (χ0v) is 20.3. The number of nitrogens with one attached hydrogen (secondary N) is 1. The third-order valence-electron chi connectivity index (χ3n) is 5.24. The van der Waals surface area contributed by atoms with Gasteiger partial charge in [0.25, 0.3) is 0 Å². The molecule has 0 radical (unpaired) electrons. The predicted molar refractivity (Wildman–Crippen MR) is 128 cm³/mol. The minimum atomic E-state index is -0.621. The third-order valence-corrected chi connectivity index (χ3v) is 5.24. The lowest BCUT2D eigenvalue weighted by Gasteiger charge is -2.29. The Kier molecular flexibility index (Phi) is 10.7. The first-order valence-corrected chi connectivity index (χ1v) is 11.3. The highest BCUT2D eigenvalue weighted by atomic mass is 16.5. The molecule has 2 rings (SSSR count). The quantitative estimate of drug-likeness (QED) is 0.466. The molecule has 0 aliphatic carbocycles. The Hall–Kier alpha value is -3.06. The molecule has 0 heterocycles. The molecule has 2 aromatic rings. The van der Waals surface area contributed by atoms with E-state index >= 15 is 0 Å². The predicted octanol–water partition coefficient (Wildman–Crippen LogP) is 3.59. The maximum absolute atomic E-state index is 13.3. The van der Waals surface area contributed by atoms with Gasteiger partial charge < -0.3 is 24.4 Å². The zero-order valence-electron chi connectivity index (χ0n) is 20.3. The van der Waals surface area contributed by atoms with E-state index in [9.17, 15) is 9.59 Å². The van der Waals surface area contributed by atoms with Crippen LogP contribution in [0.4, 0.5) is 0 Å². The number of carbonyl (C=O) groups excluding carboxylic acids is 2. The number of benzene rings is 2. The first kappa shape index (κ1) is 26.2. The molecule has 1 N–H and O–H groups in total. The molecule has 0 saturated carbocycles. The van der Waals surface area contributed by atoms with E-state index in [-0.39, 0.29) is 24.3 Å². The smallest absolute Gasteiger partial charge is 0.242 e. The van der Waals surface area contributed by atoms with Crippen LogP contribution in [-0.4, -0.2) is 56.2 Å². The Bertz CT molecular complexity index is 886. The van der Waals surface area contributed by atoms with Gasteiger partial charge in [-0.2, -0.15) is 0 Å². The highest BCUT2D eigenvalue weighted by Crippen LogP contribution is 2.28. The van der Waals surface area contributed by atoms with Crippen LogP contribution in [0.1, 0.15) is 38.3 Å². The van der Waals surface area contributed by atoms with Crippen molar-refractivity contribution >= 4 is 11.8 Å². The molecule has 7 nitrogen and oxygen atoms in total. The van der Waals surface area contributed by atoms with Gasteiger partial charge >= 0.3 is 0 Å². The molecule has 2 amide bonds. The lowest BCUT2D eigenvalue weighted by atomic mass is 10.1.